The number of rotatable bonds is 4. The van der Waals surface area contributed by atoms with Crippen molar-refractivity contribution >= 4 is 17.5 Å². The zero-order valence-corrected chi connectivity index (χ0v) is 11.1. The van der Waals surface area contributed by atoms with E-state index in [4.69, 9.17) is 5.73 Å². The Hall–Kier alpha value is -1.85. The predicted octanol–water partition coefficient (Wildman–Crippen LogP) is 0.707. The maximum absolute atomic E-state index is 11.2. The number of nitrogens with one attached hydrogen (secondary N) is 1. The van der Waals surface area contributed by atoms with E-state index in [9.17, 15) is 4.79 Å². The van der Waals surface area contributed by atoms with Crippen molar-refractivity contribution in [1.82, 2.24) is 9.97 Å². The second-order valence-corrected chi connectivity index (χ2v) is 5.33. The van der Waals surface area contributed by atoms with Gasteiger partial charge in [0.25, 0.3) is 0 Å². The van der Waals surface area contributed by atoms with E-state index < -0.39 is 0 Å². The number of carbonyl (C=O) groups excluding carboxylic acids is 1. The Morgan fingerprint density at radius 2 is 2.21 bits per heavy atom. The minimum absolute atomic E-state index is 0.0580. The Balaban J connectivity index is 1.83. The number of hydrogen-bond donors (Lipinski definition) is 2. The summed E-state index contributed by atoms with van der Waals surface area (Å²) < 4.78 is 0. The first-order valence-corrected chi connectivity index (χ1v) is 6.78. The van der Waals surface area contributed by atoms with Crippen molar-refractivity contribution in [2.75, 3.05) is 30.4 Å². The lowest BCUT2D eigenvalue weighted by Gasteiger charge is -2.18. The summed E-state index contributed by atoms with van der Waals surface area (Å²) in [6.07, 6.45) is 3.17. The molecule has 19 heavy (non-hydrogen) atoms. The SMILES string of the molecule is CNc1cc(N2CCC(C(N)=O)C2)nc(C2CC2)n1. The van der Waals surface area contributed by atoms with Crippen molar-refractivity contribution in [2.45, 2.75) is 25.2 Å². The van der Waals surface area contributed by atoms with E-state index >= 15 is 0 Å². The molecular weight excluding hydrogens is 242 g/mol. The van der Waals surface area contributed by atoms with E-state index in [2.05, 4.69) is 20.2 Å². The fraction of sp³-hybridized carbons (Fsp3) is 0.615. The fourth-order valence-corrected chi connectivity index (χ4v) is 2.47. The number of nitrogens with two attached hydrogens (primary N) is 1. The van der Waals surface area contributed by atoms with E-state index in [1.807, 2.05) is 13.1 Å². The van der Waals surface area contributed by atoms with E-state index in [1.165, 1.54) is 12.8 Å². The molecule has 3 N–H and O–H groups in total. The first-order valence-electron chi connectivity index (χ1n) is 6.78. The van der Waals surface area contributed by atoms with Gasteiger partial charge < -0.3 is 16.0 Å². The molecule has 1 saturated carbocycles. The number of carbonyl (C=O) groups is 1. The lowest BCUT2D eigenvalue weighted by molar-refractivity contribution is -0.121. The van der Waals surface area contributed by atoms with Crippen LogP contribution in [0.4, 0.5) is 11.6 Å². The smallest absolute Gasteiger partial charge is 0.222 e. The number of nitrogens with zero attached hydrogens (tertiary/aromatic N) is 3. The van der Waals surface area contributed by atoms with Crippen molar-refractivity contribution in [3.63, 3.8) is 0 Å². The molecule has 1 unspecified atom stereocenters. The molecule has 1 atom stereocenters. The largest absolute Gasteiger partial charge is 0.373 e. The summed E-state index contributed by atoms with van der Waals surface area (Å²) in [5.41, 5.74) is 5.37. The summed E-state index contributed by atoms with van der Waals surface area (Å²) in [5.74, 6) is 2.91. The molecule has 2 heterocycles. The molecule has 1 saturated heterocycles. The van der Waals surface area contributed by atoms with Gasteiger partial charge in [-0.05, 0) is 19.3 Å². The van der Waals surface area contributed by atoms with Crippen LogP contribution in [0.15, 0.2) is 6.07 Å². The Morgan fingerprint density at radius 1 is 1.42 bits per heavy atom. The van der Waals surface area contributed by atoms with Crippen molar-refractivity contribution in [3.8, 4) is 0 Å². The molecule has 1 amide bonds. The van der Waals surface area contributed by atoms with Crippen LogP contribution < -0.4 is 16.0 Å². The molecule has 102 valence electrons. The number of primary amides is 1. The summed E-state index contributed by atoms with van der Waals surface area (Å²) >= 11 is 0. The monoisotopic (exact) mass is 261 g/mol. The molecular formula is C13H19N5O. The number of anilines is 2. The summed E-state index contributed by atoms with van der Waals surface area (Å²) in [5, 5.41) is 3.08. The second kappa shape index (κ2) is 4.68. The molecule has 3 rings (SSSR count). The van der Waals surface area contributed by atoms with Crippen LogP contribution in [-0.4, -0.2) is 36.0 Å². The second-order valence-electron chi connectivity index (χ2n) is 5.33. The highest BCUT2D eigenvalue weighted by molar-refractivity contribution is 5.78. The molecule has 2 fully saturated rings. The highest BCUT2D eigenvalue weighted by Crippen LogP contribution is 2.39. The number of aromatic nitrogens is 2. The third kappa shape index (κ3) is 2.47. The van der Waals surface area contributed by atoms with Crippen LogP contribution in [0.1, 0.15) is 31.0 Å². The average Bonchev–Trinajstić information content (AvgIpc) is 3.14. The molecule has 0 spiro atoms. The van der Waals surface area contributed by atoms with Gasteiger partial charge in [-0.25, -0.2) is 9.97 Å². The summed E-state index contributed by atoms with van der Waals surface area (Å²) in [6, 6.07) is 1.94. The van der Waals surface area contributed by atoms with Crippen molar-refractivity contribution in [2.24, 2.45) is 11.7 Å². The van der Waals surface area contributed by atoms with Gasteiger partial charge in [0.15, 0.2) is 0 Å². The highest BCUT2D eigenvalue weighted by atomic mass is 16.1. The molecule has 6 nitrogen and oxygen atoms in total. The van der Waals surface area contributed by atoms with Crippen LogP contribution in [0, 0.1) is 5.92 Å². The Bertz CT molecular complexity index is 500. The van der Waals surface area contributed by atoms with Crippen LogP contribution in [0.5, 0.6) is 0 Å². The minimum atomic E-state index is -0.215. The molecule has 0 radical (unpaired) electrons. The number of amides is 1. The van der Waals surface area contributed by atoms with Crippen LogP contribution >= 0.6 is 0 Å². The van der Waals surface area contributed by atoms with Gasteiger partial charge in [-0.3, -0.25) is 4.79 Å². The maximum Gasteiger partial charge on any atom is 0.222 e. The molecule has 1 aromatic rings. The first-order chi connectivity index (χ1) is 9.17. The van der Waals surface area contributed by atoms with Crippen LogP contribution in [-0.2, 0) is 4.79 Å². The maximum atomic E-state index is 11.2. The predicted molar refractivity (Wildman–Crippen MR) is 73.1 cm³/mol. The van der Waals surface area contributed by atoms with E-state index in [1.54, 1.807) is 0 Å². The standard InChI is InChI=1S/C13H19N5O/c1-15-10-6-11(17-13(16-10)8-2-3-8)18-5-4-9(7-18)12(14)19/h6,8-9H,2-5,7H2,1H3,(H2,14,19)(H,15,16,17). The van der Waals surface area contributed by atoms with Gasteiger partial charge in [0.05, 0.1) is 5.92 Å². The third-order valence-electron chi connectivity index (χ3n) is 3.84. The Labute approximate surface area is 112 Å². The van der Waals surface area contributed by atoms with Gasteiger partial charge in [-0.1, -0.05) is 0 Å². The highest BCUT2D eigenvalue weighted by Gasteiger charge is 2.30. The van der Waals surface area contributed by atoms with Crippen molar-refractivity contribution in [1.29, 1.82) is 0 Å². The summed E-state index contributed by atoms with van der Waals surface area (Å²) in [4.78, 5) is 22.5. The lowest BCUT2D eigenvalue weighted by atomic mass is 10.1. The molecule has 2 aliphatic rings. The molecule has 1 aromatic heterocycles. The molecule has 1 aliphatic carbocycles. The average molecular weight is 261 g/mol. The number of hydrogen-bond acceptors (Lipinski definition) is 5. The molecule has 6 heteroatoms. The van der Waals surface area contributed by atoms with E-state index in [0.29, 0.717) is 12.5 Å². The van der Waals surface area contributed by atoms with Crippen molar-refractivity contribution < 1.29 is 4.79 Å². The van der Waals surface area contributed by atoms with Gasteiger partial charge in [-0.15, -0.1) is 0 Å². The summed E-state index contributed by atoms with van der Waals surface area (Å²) in [7, 11) is 1.86. The normalized spacial score (nSPS) is 22.6. The van der Waals surface area contributed by atoms with Crippen LogP contribution in [0.25, 0.3) is 0 Å². The van der Waals surface area contributed by atoms with Gasteiger partial charge in [0.2, 0.25) is 5.91 Å². The summed E-state index contributed by atoms with van der Waals surface area (Å²) in [6.45, 7) is 1.50. The van der Waals surface area contributed by atoms with Gasteiger partial charge in [0.1, 0.15) is 17.5 Å². The van der Waals surface area contributed by atoms with E-state index in [0.717, 1.165) is 30.4 Å². The molecule has 0 bridgehead atoms. The van der Waals surface area contributed by atoms with E-state index in [-0.39, 0.29) is 11.8 Å². The lowest BCUT2D eigenvalue weighted by Crippen LogP contribution is -2.28. The quantitative estimate of drug-likeness (QED) is 0.833. The van der Waals surface area contributed by atoms with Crippen LogP contribution in [0.3, 0.4) is 0 Å². The zero-order chi connectivity index (χ0) is 13.4. The Morgan fingerprint density at radius 3 is 2.79 bits per heavy atom. The van der Waals surface area contributed by atoms with Gasteiger partial charge in [-0.2, -0.15) is 0 Å². The Kier molecular flexibility index (Phi) is 3.00. The first kappa shape index (κ1) is 12.2. The zero-order valence-electron chi connectivity index (χ0n) is 11.1. The fourth-order valence-electron chi connectivity index (χ4n) is 2.47. The third-order valence-corrected chi connectivity index (χ3v) is 3.84. The van der Waals surface area contributed by atoms with Crippen LogP contribution in [0.2, 0.25) is 0 Å². The molecule has 0 aromatic carbocycles. The van der Waals surface area contributed by atoms with Gasteiger partial charge >= 0.3 is 0 Å². The van der Waals surface area contributed by atoms with Gasteiger partial charge in [0, 0.05) is 32.1 Å². The minimum Gasteiger partial charge on any atom is -0.373 e. The van der Waals surface area contributed by atoms with Crippen molar-refractivity contribution in [3.05, 3.63) is 11.9 Å². The topological polar surface area (TPSA) is 84.1 Å². The molecule has 1 aliphatic heterocycles.